The van der Waals surface area contributed by atoms with Gasteiger partial charge in [-0.25, -0.2) is 4.98 Å². The molecule has 1 aliphatic heterocycles. The number of rotatable bonds is 4. The standard InChI is InChI=1S/C18H21N5O.C2H6/c1-11(2)23-17(14-8-22(9-14)10-24)5-16(21-23)13-4-15-12(3)6-19-18(15)20-7-13;1-2/h4-7,10-11,14H,8-9H2,1-3H3,(H,19,20);1-2H3. The van der Waals surface area contributed by atoms with Crippen molar-refractivity contribution >= 4 is 17.4 Å². The molecule has 1 N–H and O–H groups in total. The van der Waals surface area contributed by atoms with E-state index in [1.807, 2.05) is 26.2 Å². The molecule has 0 spiro atoms. The highest BCUT2D eigenvalue weighted by Crippen LogP contribution is 2.32. The first-order valence-electron chi connectivity index (χ1n) is 9.29. The number of H-pyrrole nitrogens is 1. The quantitative estimate of drug-likeness (QED) is 0.724. The zero-order valence-corrected chi connectivity index (χ0v) is 16.2. The molecule has 0 radical (unpaired) electrons. The van der Waals surface area contributed by atoms with Crippen LogP contribution in [-0.2, 0) is 4.79 Å². The number of carbonyl (C=O) groups is 1. The lowest BCUT2D eigenvalue weighted by atomic mass is 9.96. The molecule has 1 amide bonds. The smallest absolute Gasteiger partial charge is 0.209 e. The summed E-state index contributed by atoms with van der Waals surface area (Å²) in [6, 6.07) is 4.57. The number of aromatic amines is 1. The third kappa shape index (κ3) is 3.11. The third-order valence-corrected chi connectivity index (χ3v) is 4.76. The van der Waals surface area contributed by atoms with Gasteiger partial charge in [-0.3, -0.25) is 9.48 Å². The SMILES string of the molecule is CC.Cc1c[nH]c2ncc(-c3cc(C4CN(C=O)C4)n(C(C)C)n3)cc12. The minimum atomic E-state index is 0.282. The molecule has 1 fully saturated rings. The van der Waals surface area contributed by atoms with Gasteiger partial charge in [0, 0.05) is 54.1 Å². The normalized spacial score (nSPS) is 14.3. The van der Waals surface area contributed by atoms with Crippen molar-refractivity contribution in [2.75, 3.05) is 13.1 Å². The Morgan fingerprint density at radius 2 is 2.00 bits per heavy atom. The lowest BCUT2D eigenvalue weighted by molar-refractivity contribution is -0.122. The summed E-state index contributed by atoms with van der Waals surface area (Å²) in [7, 11) is 0. The summed E-state index contributed by atoms with van der Waals surface area (Å²) in [6.07, 6.45) is 4.76. The summed E-state index contributed by atoms with van der Waals surface area (Å²) in [5.74, 6) is 0.365. The number of likely N-dealkylation sites (tertiary alicyclic amines) is 1. The van der Waals surface area contributed by atoms with Crippen LogP contribution in [0.5, 0.6) is 0 Å². The fourth-order valence-electron chi connectivity index (χ4n) is 3.33. The van der Waals surface area contributed by atoms with E-state index in [1.165, 1.54) is 11.3 Å². The van der Waals surface area contributed by atoms with Crippen LogP contribution in [-0.4, -0.2) is 44.1 Å². The number of aryl methyl sites for hydroxylation is 1. The molecule has 4 heterocycles. The molecule has 0 aromatic carbocycles. The Kier molecular flexibility index (Phi) is 5.11. The minimum absolute atomic E-state index is 0.282. The number of fused-ring (bicyclic) bond motifs is 1. The maximum atomic E-state index is 10.8. The lowest BCUT2D eigenvalue weighted by Crippen LogP contribution is -2.44. The van der Waals surface area contributed by atoms with E-state index in [0.717, 1.165) is 41.8 Å². The van der Waals surface area contributed by atoms with Gasteiger partial charge in [0.15, 0.2) is 0 Å². The molecule has 6 heteroatoms. The van der Waals surface area contributed by atoms with Crippen LogP contribution in [0.1, 0.15) is 50.9 Å². The molecule has 0 saturated carbocycles. The van der Waals surface area contributed by atoms with Gasteiger partial charge in [-0.15, -0.1) is 0 Å². The highest BCUT2D eigenvalue weighted by molar-refractivity contribution is 5.83. The largest absolute Gasteiger partial charge is 0.346 e. The van der Waals surface area contributed by atoms with Crippen LogP contribution in [0, 0.1) is 6.92 Å². The molecule has 138 valence electrons. The lowest BCUT2D eigenvalue weighted by Gasteiger charge is -2.36. The summed E-state index contributed by atoms with van der Waals surface area (Å²) >= 11 is 0. The summed E-state index contributed by atoms with van der Waals surface area (Å²) in [6.45, 7) is 11.9. The van der Waals surface area contributed by atoms with Crippen LogP contribution in [0.2, 0.25) is 0 Å². The van der Waals surface area contributed by atoms with E-state index in [9.17, 15) is 4.79 Å². The molecular weight excluding hydrogens is 326 g/mol. The molecule has 0 aliphatic carbocycles. The Labute approximate surface area is 154 Å². The number of nitrogens with one attached hydrogen (secondary N) is 1. The number of carbonyl (C=O) groups excluding carboxylic acids is 1. The first kappa shape index (κ1) is 18.2. The van der Waals surface area contributed by atoms with Crippen molar-refractivity contribution < 1.29 is 4.79 Å². The van der Waals surface area contributed by atoms with E-state index >= 15 is 0 Å². The second-order valence-corrected chi connectivity index (χ2v) is 6.84. The average Bonchev–Trinajstić information content (AvgIpc) is 3.20. The summed E-state index contributed by atoms with van der Waals surface area (Å²) in [5.41, 5.74) is 5.25. The number of hydrogen-bond donors (Lipinski definition) is 1. The second kappa shape index (κ2) is 7.32. The van der Waals surface area contributed by atoms with Crippen molar-refractivity contribution in [2.45, 2.75) is 46.6 Å². The number of hydrogen-bond acceptors (Lipinski definition) is 3. The van der Waals surface area contributed by atoms with Crippen molar-refractivity contribution in [1.82, 2.24) is 24.6 Å². The Morgan fingerprint density at radius 3 is 2.65 bits per heavy atom. The Hall–Kier alpha value is -2.63. The Morgan fingerprint density at radius 1 is 1.27 bits per heavy atom. The molecule has 3 aromatic heterocycles. The van der Waals surface area contributed by atoms with E-state index < -0.39 is 0 Å². The first-order valence-corrected chi connectivity index (χ1v) is 9.29. The van der Waals surface area contributed by atoms with Gasteiger partial charge >= 0.3 is 0 Å². The van der Waals surface area contributed by atoms with Crippen LogP contribution < -0.4 is 0 Å². The highest BCUT2D eigenvalue weighted by Gasteiger charge is 2.31. The third-order valence-electron chi connectivity index (χ3n) is 4.76. The second-order valence-electron chi connectivity index (χ2n) is 6.84. The Balaban J connectivity index is 0.000000948. The Bertz CT molecular complexity index is 902. The van der Waals surface area contributed by atoms with E-state index in [0.29, 0.717) is 5.92 Å². The topological polar surface area (TPSA) is 66.8 Å². The molecule has 1 saturated heterocycles. The van der Waals surface area contributed by atoms with E-state index in [4.69, 9.17) is 5.10 Å². The van der Waals surface area contributed by atoms with Crippen LogP contribution in [0.3, 0.4) is 0 Å². The van der Waals surface area contributed by atoms with Crippen LogP contribution in [0.25, 0.3) is 22.3 Å². The van der Waals surface area contributed by atoms with Gasteiger partial charge in [-0.05, 0) is 38.5 Å². The van der Waals surface area contributed by atoms with Gasteiger partial charge in [0.2, 0.25) is 6.41 Å². The van der Waals surface area contributed by atoms with Crippen molar-refractivity contribution in [2.24, 2.45) is 0 Å². The van der Waals surface area contributed by atoms with Crippen LogP contribution in [0.4, 0.5) is 0 Å². The van der Waals surface area contributed by atoms with Gasteiger partial charge in [-0.1, -0.05) is 13.8 Å². The molecule has 26 heavy (non-hydrogen) atoms. The number of amides is 1. The first-order chi connectivity index (χ1) is 12.6. The number of aromatic nitrogens is 4. The predicted molar refractivity (Wildman–Crippen MR) is 104 cm³/mol. The number of pyridine rings is 1. The molecule has 3 aromatic rings. The van der Waals surface area contributed by atoms with Gasteiger partial charge in [0.05, 0.1) is 5.69 Å². The zero-order valence-electron chi connectivity index (χ0n) is 16.2. The zero-order chi connectivity index (χ0) is 18.8. The van der Waals surface area contributed by atoms with E-state index in [2.05, 4.69) is 47.6 Å². The maximum absolute atomic E-state index is 10.8. The summed E-state index contributed by atoms with van der Waals surface area (Å²) in [5, 5.41) is 5.94. The monoisotopic (exact) mass is 353 g/mol. The van der Waals surface area contributed by atoms with Gasteiger partial charge in [0.1, 0.15) is 5.65 Å². The van der Waals surface area contributed by atoms with Crippen LogP contribution >= 0.6 is 0 Å². The molecule has 1 aliphatic rings. The molecule has 0 unspecified atom stereocenters. The maximum Gasteiger partial charge on any atom is 0.209 e. The molecule has 0 bridgehead atoms. The predicted octanol–water partition coefficient (Wildman–Crippen LogP) is 3.90. The van der Waals surface area contributed by atoms with Crippen molar-refractivity contribution in [3.63, 3.8) is 0 Å². The summed E-state index contributed by atoms with van der Waals surface area (Å²) < 4.78 is 2.08. The van der Waals surface area contributed by atoms with E-state index in [1.54, 1.807) is 4.90 Å². The minimum Gasteiger partial charge on any atom is -0.346 e. The van der Waals surface area contributed by atoms with Crippen molar-refractivity contribution in [3.8, 4) is 11.3 Å². The van der Waals surface area contributed by atoms with Gasteiger partial charge < -0.3 is 9.88 Å². The van der Waals surface area contributed by atoms with Crippen molar-refractivity contribution in [3.05, 3.63) is 35.8 Å². The molecule has 6 nitrogen and oxygen atoms in total. The molecule has 4 rings (SSSR count). The number of nitrogens with zero attached hydrogens (tertiary/aromatic N) is 4. The van der Waals surface area contributed by atoms with Gasteiger partial charge in [0.25, 0.3) is 0 Å². The average molecular weight is 353 g/mol. The molecular formula is C20H27N5O. The van der Waals surface area contributed by atoms with Crippen LogP contribution in [0.15, 0.2) is 24.5 Å². The molecule has 0 atom stereocenters. The fraction of sp³-hybridized carbons (Fsp3) is 0.450. The van der Waals surface area contributed by atoms with Crippen molar-refractivity contribution in [1.29, 1.82) is 0 Å². The van der Waals surface area contributed by atoms with Gasteiger partial charge in [-0.2, -0.15) is 5.10 Å². The fourth-order valence-corrected chi connectivity index (χ4v) is 3.33. The summed E-state index contributed by atoms with van der Waals surface area (Å²) in [4.78, 5) is 20.3. The highest BCUT2D eigenvalue weighted by atomic mass is 16.1. The van der Waals surface area contributed by atoms with E-state index in [-0.39, 0.29) is 6.04 Å².